The van der Waals surface area contributed by atoms with Crippen LogP contribution in [0.25, 0.3) is 22.6 Å². The average molecular weight is 527 g/mol. The zero-order valence-corrected chi connectivity index (χ0v) is 20.9. The summed E-state index contributed by atoms with van der Waals surface area (Å²) in [5.41, 5.74) is 9.47. The lowest BCUT2D eigenvalue weighted by molar-refractivity contribution is -0.106. The topological polar surface area (TPSA) is 99.5 Å². The average Bonchev–Trinajstić information content (AvgIpc) is 3.47. The Bertz CT molecular complexity index is 1440. The van der Waals surface area contributed by atoms with E-state index >= 15 is 0 Å². The number of nitrogens with two attached hydrogens (primary N) is 1. The minimum Gasteiger partial charge on any atom is -0.434 e. The molecular formula is C27H29F3N6O2. The van der Waals surface area contributed by atoms with Crippen LogP contribution in [0, 0.1) is 12.7 Å². The van der Waals surface area contributed by atoms with Gasteiger partial charge in [0.05, 0.1) is 23.8 Å². The van der Waals surface area contributed by atoms with Gasteiger partial charge >= 0.3 is 6.61 Å². The second-order valence-electron chi connectivity index (χ2n) is 9.61. The van der Waals surface area contributed by atoms with Gasteiger partial charge in [0.1, 0.15) is 17.2 Å². The summed E-state index contributed by atoms with van der Waals surface area (Å²) in [7, 11) is 0. The van der Waals surface area contributed by atoms with Gasteiger partial charge in [-0.3, -0.25) is 9.20 Å². The number of hydrogen-bond acceptors (Lipinski definition) is 5. The number of aromatic nitrogens is 4. The molecule has 38 heavy (non-hydrogen) atoms. The molecule has 0 atom stereocenters. The molecule has 1 aliphatic heterocycles. The molecule has 11 heteroatoms. The molecular weight excluding hydrogens is 497 g/mol. The number of nitrogens with one attached hydrogen (secondary N) is 1. The number of ether oxygens (including phenoxy) is 1. The van der Waals surface area contributed by atoms with E-state index in [2.05, 4.69) is 21.1 Å². The summed E-state index contributed by atoms with van der Waals surface area (Å²) in [6.07, 6.45) is 11.2. The van der Waals surface area contributed by atoms with Gasteiger partial charge < -0.3 is 15.8 Å². The van der Waals surface area contributed by atoms with Crippen molar-refractivity contribution >= 4 is 12.1 Å². The molecule has 0 unspecified atom stereocenters. The van der Waals surface area contributed by atoms with E-state index in [1.165, 1.54) is 0 Å². The molecule has 0 bridgehead atoms. The first-order valence-electron chi connectivity index (χ1n) is 12.6. The molecule has 0 spiro atoms. The van der Waals surface area contributed by atoms with Gasteiger partial charge in [0.25, 0.3) is 0 Å². The Labute approximate surface area is 217 Å². The van der Waals surface area contributed by atoms with Gasteiger partial charge in [0.2, 0.25) is 6.41 Å². The Hall–Kier alpha value is -3.86. The van der Waals surface area contributed by atoms with Crippen molar-refractivity contribution in [2.45, 2.75) is 51.1 Å². The number of imidazole rings is 1. The Kier molecular flexibility index (Phi) is 7.37. The number of primary amides is 1. The molecule has 1 saturated heterocycles. The van der Waals surface area contributed by atoms with Crippen LogP contribution in [0.5, 0.6) is 5.75 Å². The monoisotopic (exact) mass is 526 g/mol. The number of carbonyl (C=O) groups excluding carboxylic acids is 1. The van der Waals surface area contributed by atoms with Crippen molar-refractivity contribution in [1.29, 1.82) is 0 Å². The van der Waals surface area contributed by atoms with Crippen molar-refractivity contribution in [3.63, 3.8) is 0 Å². The molecule has 2 fully saturated rings. The summed E-state index contributed by atoms with van der Waals surface area (Å²) in [6.45, 7) is 0.645. The largest absolute Gasteiger partial charge is 0.434 e. The minimum absolute atomic E-state index is 0.120. The molecule has 3 N–H and O–H groups in total. The first-order chi connectivity index (χ1) is 18.4. The zero-order chi connectivity index (χ0) is 26.8. The number of fused-ring (bicyclic) bond motifs is 1. The fourth-order valence-electron chi connectivity index (χ4n) is 5.09. The van der Waals surface area contributed by atoms with Gasteiger partial charge in [-0.1, -0.05) is 0 Å². The number of alkyl halides is 2. The predicted octanol–water partition coefficient (Wildman–Crippen LogP) is 4.68. The molecule has 1 aliphatic carbocycles. The smallest absolute Gasteiger partial charge is 0.387 e. The molecule has 1 amide bonds. The third-order valence-corrected chi connectivity index (χ3v) is 7.09. The van der Waals surface area contributed by atoms with Crippen LogP contribution < -0.4 is 15.8 Å². The molecule has 1 aromatic carbocycles. The molecule has 4 aromatic rings. The summed E-state index contributed by atoms with van der Waals surface area (Å²) in [6, 6.07) is 5.06. The predicted molar refractivity (Wildman–Crippen MR) is 136 cm³/mol. The van der Waals surface area contributed by atoms with Crippen LogP contribution in [-0.2, 0) is 4.79 Å². The number of rotatable bonds is 6. The van der Waals surface area contributed by atoms with Crippen molar-refractivity contribution in [2.24, 2.45) is 5.73 Å². The number of nitrogens with zero attached hydrogens (tertiary/aromatic N) is 4. The second kappa shape index (κ2) is 10.9. The number of aryl methyl sites for hydroxylation is 1. The maximum atomic E-state index is 14.4. The number of benzene rings is 1. The highest BCUT2D eigenvalue weighted by atomic mass is 19.3. The van der Waals surface area contributed by atoms with Gasteiger partial charge in [0, 0.05) is 29.6 Å². The van der Waals surface area contributed by atoms with Crippen molar-refractivity contribution < 1.29 is 22.7 Å². The van der Waals surface area contributed by atoms with E-state index in [1.807, 2.05) is 29.8 Å². The highest BCUT2D eigenvalue weighted by Gasteiger charge is 2.28. The van der Waals surface area contributed by atoms with Crippen LogP contribution in [0.4, 0.5) is 13.2 Å². The number of amides is 1. The highest BCUT2D eigenvalue weighted by molar-refractivity contribution is 5.65. The van der Waals surface area contributed by atoms with Gasteiger partial charge in [-0.05, 0) is 80.8 Å². The first-order valence-corrected chi connectivity index (χ1v) is 12.6. The van der Waals surface area contributed by atoms with E-state index in [1.54, 1.807) is 29.2 Å². The Morgan fingerprint density at radius 2 is 1.79 bits per heavy atom. The lowest BCUT2D eigenvalue weighted by Crippen LogP contribution is -2.27. The van der Waals surface area contributed by atoms with Crippen LogP contribution in [0.15, 0.2) is 43.0 Å². The normalized spacial score (nSPS) is 15.9. The SMILES string of the molecule is Cc1cc(F)c(C2CC2)cc1-n1cc(-c2cnc3cc(OC(F)F)c(C4CCNCC4)cn23)cn1.NC=O. The second-order valence-corrected chi connectivity index (χ2v) is 9.61. The standard InChI is InChI=1S/C26H26F3N5O.CH3NO/c1-15-8-21(27)19(16-2-3-16)9-22(15)34-13-18(11-32-34)23-12-31-25-10-24(35-26(28)29)20(14-33(23)25)17-4-6-30-7-5-17;2-1-3/h8-14,16-17,26,30H,2-7H2,1H3;1H,(H2,2,3). The van der Waals surface area contributed by atoms with Crippen molar-refractivity contribution in [2.75, 3.05) is 13.1 Å². The number of halogens is 3. The molecule has 2 aliphatic rings. The number of carbonyl (C=O) groups is 1. The fourth-order valence-corrected chi connectivity index (χ4v) is 5.09. The van der Waals surface area contributed by atoms with Crippen LogP contribution in [-0.4, -0.2) is 45.3 Å². The molecule has 3 aromatic heterocycles. The molecule has 6 rings (SSSR count). The van der Waals surface area contributed by atoms with E-state index in [0.29, 0.717) is 11.6 Å². The molecule has 200 valence electrons. The number of piperidine rings is 1. The lowest BCUT2D eigenvalue weighted by Gasteiger charge is -2.25. The van der Waals surface area contributed by atoms with E-state index < -0.39 is 6.61 Å². The van der Waals surface area contributed by atoms with E-state index in [4.69, 9.17) is 9.53 Å². The molecule has 8 nitrogen and oxygen atoms in total. The van der Waals surface area contributed by atoms with Gasteiger partial charge in [0.15, 0.2) is 0 Å². The van der Waals surface area contributed by atoms with Crippen LogP contribution >= 0.6 is 0 Å². The lowest BCUT2D eigenvalue weighted by atomic mass is 9.90. The quantitative estimate of drug-likeness (QED) is 0.356. The summed E-state index contributed by atoms with van der Waals surface area (Å²) < 4.78 is 49.3. The Balaban J connectivity index is 0.000000937. The van der Waals surface area contributed by atoms with E-state index in [9.17, 15) is 13.2 Å². The number of hydrogen-bond donors (Lipinski definition) is 2. The molecule has 1 saturated carbocycles. The molecule has 4 heterocycles. The minimum atomic E-state index is -2.90. The third-order valence-electron chi connectivity index (χ3n) is 7.09. The zero-order valence-electron chi connectivity index (χ0n) is 20.9. The Morgan fingerprint density at radius 1 is 1.08 bits per heavy atom. The van der Waals surface area contributed by atoms with Gasteiger partial charge in [-0.25, -0.2) is 14.1 Å². The summed E-state index contributed by atoms with van der Waals surface area (Å²) in [4.78, 5) is 13.0. The Morgan fingerprint density at radius 3 is 2.47 bits per heavy atom. The summed E-state index contributed by atoms with van der Waals surface area (Å²) >= 11 is 0. The summed E-state index contributed by atoms with van der Waals surface area (Å²) in [5.74, 6) is 0.438. The fraction of sp³-hybridized carbons (Fsp3) is 0.370. The third kappa shape index (κ3) is 5.24. The maximum Gasteiger partial charge on any atom is 0.387 e. The van der Waals surface area contributed by atoms with Crippen molar-refractivity contribution in [1.82, 2.24) is 24.5 Å². The van der Waals surface area contributed by atoms with Crippen LogP contribution in [0.1, 0.15) is 54.2 Å². The van der Waals surface area contributed by atoms with Crippen LogP contribution in [0.2, 0.25) is 0 Å². The highest BCUT2D eigenvalue weighted by Crippen LogP contribution is 2.42. The van der Waals surface area contributed by atoms with E-state index in [-0.39, 0.29) is 23.9 Å². The van der Waals surface area contributed by atoms with Crippen molar-refractivity contribution in [3.05, 3.63) is 65.5 Å². The molecule has 0 radical (unpaired) electrons. The first kappa shape index (κ1) is 25.8. The summed E-state index contributed by atoms with van der Waals surface area (Å²) in [5, 5.41) is 7.86. The maximum absolute atomic E-state index is 14.4. The van der Waals surface area contributed by atoms with E-state index in [0.717, 1.165) is 72.4 Å². The number of pyridine rings is 1. The van der Waals surface area contributed by atoms with Gasteiger partial charge in [-0.2, -0.15) is 13.9 Å². The van der Waals surface area contributed by atoms with Crippen LogP contribution in [0.3, 0.4) is 0 Å². The van der Waals surface area contributed by atoms with Crippen molar-refractivity contribution in [3.8, 4) is 22.7 Å². The van der Waals surface area contributed by atoms with Gasteiger partial charge in [-0.15, -0.1) is 0 Å².